The van der Waals surface area contributed by atoms with E-state index >= 15 is 0 Å². The highest BCUT2D eigenvalue weighted by Gasteiger charge is 2.38. The molecule has 0 spiro atoms. The van der Waals surface area contributed by atoms with E-state index in [0.29, 0.717) is 5.41 Å². The van der Waals surface area contributed by atoms with E-state index < -0.39 is 8.07 Å². The minimum atomic E-state index is -1.07. The topological polar surface area (TPSA) is 0 Å². The molecule has 1 saturated carbocycles. The smallest absolute Gasteiger partial charge is 0.0740 e. The van der Waals surface area contributed by atoms with Gasteiger partial charge in [0.1, 0.15) is 0 Å². The average Bonchev–Trinajstić information content (AvgIpc) is 2.31. The molecule has 1 aliphatic rings. The van der Waals surface area contributed by atoms with E-state index in [4.69, 9.17) is 0 Å². The summed E-state index contributed by atoms with van der Waals surface area (Å²) in [5.74, 6) is 0. The molecule has 0 N–H and O–H groups in total. The maximum atomic E-state index is 3.99. The van der Waals surface area contributed by atoms with E-state index in [9.17, 15) is 0 Å². The van der Waals surface area contributed by atoms with Gasteiger partial charge in [-0.05, 0) is 23.8 Å². The third kappa shape index (κ3) is 2.01. The van der Waals surface area contributed by atoms with Gasteiger partial charge < -0.3 is 0 Å². The van der Waals surface area contributed by atoms with E-state index in [1.54, 1.807) is 0 Å². The summed E-state index contributed by atoms with van der Waals surface area (Å²) < 4.78 is 0. The second-order valence-electron chi connectivity index (χ2n) is 5.63. The van der Waals surface area contributed by atoms with Crippen molar-refractivity contribution in [1.82, 2.24) is 0 Å². The Bertz CT molecular complexity index is 179. The lowest BCUT2D eigenvalue weighted by Crippen LogP contribution is -2.29. The zero-order valence-electron chi connectivity index (χ0n) is 8.98. The van der Waals surface area contributed by atoms with E-state index in [1.165, 1.54) is 19.3 Å². The number of rotatable bonds is 2. The molecule has 0 saturated heterocycles. The van der Waals surface area contributed by atoms with Gasteiger partial charge in [0.05, 0.1) is 8.07 Å². The van der Waals surface area contributed by atoms with Crippen LogP contribution in [-0.2, 0) is 0 Å². The molecule has 0 aliphatic heterocycles. The van der Waals surface area contributed by atoms with E-state index in [-0.39, 0.29) is 0 Å². The lowest BCUT2D eigenvalue weighted by molar-refractivity contribution is 0.381. The Morgan fingerprint density at radius 2 is 2.00 bits per heavy atom. The molecule has 0 nitrogen and oxygen atoms in total. The highest BCUT2D eigenvalue weighted by molar-refractivity contribution is 6.83. The van der Waals surface area contributed by atoms with Crippen molar-refractivity contribution < 1.29 is 0 Å². The molecule has 0 aromatic rings. The van der Waals surface area contributed by atoms with Crippen molar-refractivity contribution in [1.29, 1.82) is 0 Å². The largest absolute Gasteiger partial charge is 0.107 e. The molecular weight excluding hydrogens is 160 g/mol. The fraction of sp³-hybridized carbons (Fsp3) is 0.818. The van der Waals surface area contributed by atoms with Crippen LogP contribution in [-0.4, -0.2) is 8.07 Å². The van der Waals surface area contributed by atoms with Gasteiger partial charge in [0.2, 0.25) is 0 Å². The molecule has 1 heteroatoms. The molecule has 70 valence electrons. The van der Waals surface area contributed by atoms with Crippen LogP contribution in [0.2, 0.25) is 18.6 Å². The van der Waals surface area contributed by atoms with E-state index in [1.807, 2.05) is 0 Å². The van der Waals surface area contributed by atoms with E-state index in [2.05, 4.69) is 39.2 Å². The highest BCUT2D eigenvalue weighted by Crippen LogP contribution is 2.48. The SMILES string of the molecule is C=C[Si](C)(C)C1CCC(C)(C)C1. The molecule has 0 amide bonds. The summed E-state index contributed by atoms with van der Waals surface area (Å²) in [5, 5.41) is 0. The second-order valence-corrected chi connectivity index (χ2v) is 10.5. The van der Waals surface area contributed by atoms with Crippen LogP contribution in [0.25, 0.3) is 0 Å². The van der Waals surface area contributed by atoms with Gasteiger partial charge in [0.25, 0.3) is 0 Å². The molecule has 0 aromatic heterocycles. The summed E-state index contributed by atoms with van der Waals surface area (Å²) in [6.07, 6.45) is 4.29. The first-order chi connectivity index (χ1) is 5.37. The predicted molar refractivity (Wildman–Crippen MR) is 59.1 cm³/mol. The molecule has 1 atom stereocenters. The summed E-state index contributed by atoms with van der Waals surface area (Å²) >= 11 is 0. The predicted octanol–water partition coefficient (Wildman–Crippen LogP) is 4.00. The lowest BCUT2D eigenvalue weighted by atomic mass is 9.92. The van der Waals surface area contributed by atoms with Crippen molar-refractivity contribution in [3.8, 4) is 0 Å². The van der Waals surface area contributed by atoms with Crippen LogP contribution in [0.1, 0.15) is 33.1 Å². The Balaban J connectivity index is 2.63. The minimum Gasteiger partial charge on any atom is -0.107 e. The van der Waals surface area contributed by atoms with Gasteiger partial charge in [-0.15, -0.1) is 12.3 Å². The van der Waals surface area contributed by atoms with Gasteiger partial charge in [0.15, 0.2) is 0 Å². The molecule has 1 fully saturated rings. The lowest BCUT2D eigenvalue weighted by Gasteiger charge is -2.27. The maximum absolute atomic E-state index is 3.99. The van der Waals surface area contributed by atoms with Crippen LogP contribution in [0.3, 0.4) is 0 Å². The van der Waals surface area contributed by atoms with Crippen LogP contribution in [0, 0.1) is 5.41 Å². The van der Waals surface area contributed by atoms with Crippen molar-refractivity contribution >= 4 is 8.07 Å². The van der Waals surface area contributed by atoms with Crippen LogP contribution < -0.4 is 0 Å². The molecule has 1 aliphatic carbocycles. The number of hydrogen-bond acceptors (Lipinski definition) is 0. The quantitative estimate of drug-likeness (QED) is 0.566. The minimum absolute atomic E-state index is 0.609. The molecule has 1 unspecified atom stereocenters. The van der Waals surface area contributed by atoms with Crippen LogP contribution >= 0.6 is 0 Å². The highest BCUT2D eigenvalue weighted by atomic mass is 28.3. The standard InChI is InChI=1S/C11H22Si/c1-6-12(4,5)10-7-8-11(2,3)9-10/h6,10H,1,7-9H2,2-5H3. The fourth-order valence-electron chi connectivity index (χ4n) is 2.24. The number of hydrogen-bond donors (Lipinski definition) is 0. The average molecular weight is 182 g/mol. The van der Waals surface area contributed by atoms with Gasteiger partial charge in [-0.1, -0.05) is 33.4 Å². The summed E-state index contributed by atoms with van der Waals surface area (Å²) in [7, 11) is -1.07. The molecule has 12 heavy (non-hydrogen) atoms. The maximum Gasteiger partial charge on any atom is 0.0740 e. The Labute approximate surface area is 78.1 Å². The van der Waals surface area contributed by atoms with Crippen molar-refractivity contribution in [2.24, 2.45) is 5.41 Å². The summed E-state index contributed by atoms with van der Waals surface area (Å²) in [5.41, 5.74) is 3.86. The summed E-state index contributed by atoms with van der Waals surface area (Å²) in [6, 6.07) is 0. The van der Waals surface area contributed by atoms with Gasteiger partial charge in [-0.2, -0.15) is 0 Å². The monoisotopic (exact) mass is 182 g/mol. The zero-order chi connectivity index (χ0) is 9.41. The third-order valence-corrected chi connectivity index (χ3v) is 7.20. The fourth-order valence-corrected chi connectivity index (χ4v) is 4.54. The molecule has 0 heterocycles. The molecule has 0 bridgehead atoms. The summed E-state index contributed by atoms with van der Waals surface area (Å²) in [6.45, 7) is 13.7. The molecular formula is C11H22Si. The van der Waals surface area contributed by atoms with Crippen LogP contribution in [0.15, 0.2) is 12.3 Å². The Kier molecular flexibility index (Phi) is 2.53. The first-order valence-corrected chi connectivity index (χ1v) is 8.16. The first-order valence-electron chi connectivity index (χ1n) is 5.01. The Morgan fingerprint density at radius 3 is 2.33 bits per heavy atom. The van der Waals surface area contributed by atoms with Crippen molar-refractivity contribution in [3.05, 3.63) is 12.3 Å². The van der Waals surface area contributed by atoms with E-state index in [0.717, 1.165) is 5.54 Å². The Morgan fingerprint density at radius 1 is 1.42 bits per heavy atom. The van der Waals surface area contributed by atoms with Gasteiger partial charge in [0, 0.05) is 0 Å². The third-order valence-electron chi connectivity index (χ3n) is 3.55. The van der Waals surface area contributed by atoms with Crippen LogP contribution in [0.5, 0.6) is 0 Å². The summed E-state index contributed by atoms with van der Waals surface area (Å²) in [4.78, 5) is 0. The van der Waals surface area contributed by atoms with Crippen molar-refractivity contribution in [2.75, 3.05) is 0 Å². The van der Waals surface area contributed by atoms with Gasteiger partial charge >= 0.3 is 0 Å². The normalized spacial score (nSPS) is 28.8. The van der Waals surface area contributed by atoms with Crippen LogP contribution in [0.4, 0.5) is 0 Å². The zero-order valence-corrected chi connectivity index (χ0v) is 9.98. The first kappa shape index (κ1) is 10.0. The van der Waals surface area contributed by atoms with Gasteiger partial charge in [-0.3, -0.25) is 0 Å². The van der Waals surface area contributed by atoms with Crippen molar-refractivity contribution in [2.45, 2.75) is 51.7 Å². The van der Waals surface area contributed by atoms with Crippen molar-refractivity contribution in [3.63, 3.8) is 0 Å². The Hall–Kier alpha value is -0.0431. The second kappa shape index (κ2) is 3.02. The molecule has 1 rings (SSSR count). The molecule has 0 aromatic carbocycles. The van der Waals surface area contributed by atoms with Gasteiger partial charge in [-0.25, -0.2) is 0 Å². The molecule has 0 radical (unpaired) electrons.